The van der Waals surface area contributed by atoms with Gasteiger partial charge in [0.1, 0.15) is 0 Å². The molecule has 0 aliphatic carbocycles. The van der Waals surface area contributed by atoms with Gasteiger partial charge < -0.3 is 5.11 Å². The van der Waals surface area contributed by atoms with E-state index in [2.05, 4.69) is 97.9 Å². The number of carboxylic acids is 1. The Labute approximate surface area is 226 Å². The van der Waals surface area contributed by atoms with Gasteiger partial charge in [0, 0.05) is 6.42 Å². The molecule has 193 valence electrons. The second-order valence-electron chi connectivity index (χ2n) is 9.71. The second kappa shape index (κ2) is 20.0. The molecule has 0 saturated carbocycles. The molecule has 0 saturated heterocycles. The summed E-state index contributed by atoms with van der Waals surface area (Å²) in [7, 11) is 0. The molecule has 3 aromatic carbocycles. The second-order valence-corrected chi connectivity index (χ2v) is 17.0. The summed E-state index contributed by atoms with van der Waals surface area (Å²) in [5, 5.41) is 8.41. The van der Waals surface area contributed by atoms with Crippen LogP contribution in [0.4, 0.5) is 0 Å². The summed E-state index contributed by atoms with van der Waals surface area (Å²) in [6.45, 7) is 2.23. The predicted molar refractivity (Wildman–Crippen MR) is 156 cm³/mol. The van der Waals surface area contributed by atoms with E-state index in [9.17, 15) is 4.79 Å². The van der Waals surface area contributed by atoms with Crippen molar-refractivity contribution in [3.63, 3.8) is 0 Å². The molecule has 0 aliphatic heterocycles. The van der Waals surface area contributed by atoms with Gasteiger partial charge in [0.05, 0.1) is 0 Å². The third-order valence-electron chi connectivity index (χ3n) is 6.39. The Morgan fingerprint density at radius 2 is 0.889 bits per heavy atom. The van der Waals surface area contributed by atoms with Crippen molar-refractivity contribution in [2.45, 2.75) is 84.4 Å². The number of carboxylic acid groups (broad SMARTS) is 1. The van der Waals surface area contributed by atoms with E-state index >= 15 is 0 Å². The van der Waals surface area contributed by atoms with Crippen molar-refractivity contribution in [1.29, 1.82) is 0 Å². The molecule has 0 amide bonds. The number of benzene rings is 3. The van der Waals surface area contributed by atoms with Crippen molar-refractivity contribution in [3.05, 3.63) is 108 Å². The van der Waals surface area contributed by atoms with Crippen LogP contribution in [0.1, 0.15) is 87.8 Å². The minimum atomic E-state index is -1.56. The van der Waals surface area contributed by atoms with Crippen molar-refractivity contribution in [2.75, 3.05) is 0 Å². The van der Waals surface area contributed by atoms with Gasteiger partial charge in [0.15, 0.2) is 0 Å². The van der Waals surface area contributed by atoms with Gasteiger partial charge in [0.2, 0.25) is 0 Å². The molecule has 0 spiro atoms. The van der Waals surface area contributed by atoms with Crippen LogP contribution in [0.3, 0.4) is 0 Å². The van der Waals surface area contributed by atoms with Crippen molar-refractivity contribution in [2.24, 2.45) is 0 Å². The molecule has 1 radical (unpaired) electrons. The van der Waals surface area contributed by atoms with Gasteiger partial charge in [-0.15, -0.1) is 0 Å². The first kappa shape index (κ1) is 30.2. The number of carbonyl (C=O) groups is 1. The molecular weight excluding hydrogens is 547 g/mol. The first-order chi connectivity index (χ1) is 17.7. The van der Waals surface area contributed by atoms with Crippen LogP contribution in [0, 0.1) is 0 Å². The zero-order chi connectivity index (χ0) is 25.7. The standard InChI is InChI=1S/C12H24O2.3C7H7.Sn/c1-2-3-4-5-6-7-8-9-10-11-12(13)14;3*1-7-5-3-2-4-6-7;/h2-11H2,1H3,(H,13,14);3*2-6H,1H2;. The van der Waals surface area contributed by atoms with Crippen molar-refractivity contribution in [3.8, 4) is 0 Å². The fourth-order valence-electron chi connectivity index (χ4n) is 4.43. The molecule has 1 N–H and O–H groups in total. The van der Waals surface area contributed by atoms with Gasteiger partial charge in [-0.25, -0.2) is 0 Å². The summed E-state index contributed by atoms with van der Waals surface area (Å²) < 4.78 is 3.98. The molecule has 0 unspecified atom stereocenters. The molecule has 3 heteroatoms. The number of aliphatic carboxylic acids is 1. The SMILES string of the molecule is CCCCCCCCCCCC(=O)O.c1ccc([CH2][Sn]([CH2]c2ccccc2)[CH2]c2ccccc2)cc1. The van der Waals surface area contributed by atoms with Gasteiger partial charge in [-0.2, -0.15) is 0 Å². The molecule has 0 aromatic heterocycles. The molecule has 0 atom stereocenters. The Morgan fingerprint density at radius 1 is 0.556 bits per heavy atom. The molecular formula is C33H45O2Sn. The molecule has 3 rings (SSSR count). The maximum absolute atomic E-state index is 10.2. The van der Waals surface area contributed by atoms with Crippen LogP contribution in [-0.4, -0.2) is 30.8 Å². The van der Waals surface area contributed by atoms with E-state index in [1.807, 2.05) is 0 Å². The average Bonchev–Trinajstić information content (AvgIpc) is 2.90. The number of rotatable bonds is 16. The van der Waals surface area contributed by atoms with E-state index in [0.29, 0.717) is 6.42 Å². The molecule has 3 aromatic rings. The number of hydrogen-bond donors (Lipinski definition) is 1. The van der Waals surface area contributed by atoms with Crippen LogP contribution in [0.2, 0.25) is 0 Å². The molecule has 36 heavy (non-hydrogen) atoms. The summed E-state index contributed by atoms with van der Waals surface area (Å²) in [4.78, 5) is 10.2. The van der Waals surface area contributed by atoms with Crippen LogP contribution in [0.25, 0.3) is 0 Å². The van der Waals surface area contributed by atoms with E-state index in [0.717, 1.165) is 12.8 Å². The summed E-state index contributed by atoms with van der Waals surface area (Å²) in [6.07, 6.45) is 11.5. The van der Waals surface area contributed by atoms with E-state index in [4.69, 9.17) is 5.11 Å². The van der Waals surface area contributed by atoms with Crippen LogP contribution >= 0.6 is 0 Å². The number of hydrogen-bond acceptors (Lipinski definition) is 1. The Hall–Kier alpha value is -2.07. The quantitative estimate of drug-likeness (QED) is 0.133. The predicted octanol–water partition coefficient (Wildman–Crippen LogP) is 8.82. The monoisotopic (exact) mass is 593 g/mol. The van der Waals surface area contributed by atoms with Crippen LogP contribution in [-0.2, 0) is 18.1 Å². The van der Waals surface area contributed by atoms with Crippen LogP contribution < -0.4 is 0 Å². The van der Waals surface area contributed by atoms with Crippen LogP contribution in [0.5, 0.6) is 0 Å². The average molecular weight is 592 g/mol. The first-order valence-electron chi connectivity index (χ1n) is 13.8. The first-order valence-corrected chi connectivity index (χ1v) is 19.9. The maximum atomic E-state index is 10.2. The van der Waals surface area contributed by atoms with E-state index in [1.165, 1.54) is 74.9 Å². The summed E-state index contributed by atoms with van der Waals surface area (Å²) in [5.41, 5.74) is 4.55. The van der Waals surface area contributed by atoms with Gasteiger partial charge in [-0.05, 0) is 6.42 Å². The topological polar surface area (TPSA) is 37.3 Å². The Morgan fingerprint density at radius 3 is 1.22 bits per heavy atom. The van der Waals surface area contributed by atoms with Gasteiger partial charge in [-0.1, -0.05) is 58.3 Å². The van der Waals surface area contributed by atoms with E-state index in [-0.39, 0.29) is 0 Å². The van der Waals surface area contributed by atoms with Crippen molar-refractivity contribution < 1.29 is 9.90 Å². The fourth-order valence-corrected chi connectivity index (χ4v) is 12.5. The summed E-state index contributed by atoms with van der Waals surface area (Å²) >= 11 is -1.56. The normalized spacial score (nSPS) is 10.6. The zero-order valence-electron chi connectivity index (χ0n) is 22.2. The Balaban J connectivity index is 0.000000284. The molecule has 0 aliphatic rings. The van der Waals surface area contributed by atoms with Gasteiger partial charge >= 0.3 is 147 Å². The van der Waals surface area contributed by atoms with Crippen molar-refractivity contribution in [1.82, 2.24) is 0 Å². The van der Waals surface area contributed by atoms with Gasteiger partial charge in [0.25, 0.3) is 0 Å². The fraction of sp³-hybridized carbons (Fsp3) is 0.424. The summed E-state index contributed by atoms with van der Waals surface area (Å²) in [5.74, 6) is -0.659. The summed E-state index contributed by atoms with van der Waals surface area (Å²) in [6, 6.07) is 33.1. The van der Waals surface area contributed by atoms with Crippen molar-refractivity contribution >= 4 is 25.7 Å². The minimum absolute atomic E-state index is 0.343. The molecule has 2 nitrogen and oxygen atoms in total. The molecule has 0 heterocycles. The van der Waals surface area contributed by atoms with E-state index < -0.39 is 25.7 Å². The zero-order valence-corrected chi connectivity index (χ0v) is 25.1. The number of unbranched alkanes of at least 4 members (excludes halogenated alkanes) is 8. The Bertz CT molecular complexity index is 814. The third kappa shape index (κ3) is 15.1. The molecule has 0 fully saturated rings. The Kier molecular flexibility index (Phi) is 16.8. The van der Waals surface area contributed by atoms with E-state index in [1.54, 1.807) is 0 Å². The van der Waals surface area contributed by atoms with Gasteiger partial charge in [-0.3, -0.25) is 4.79 Å². The molecule has 0 bridgehead atoms. The van der Waals surface area contributed by atoms with Crippen LogP contribution in [0.15, 0.2) is 91.0 Å². The third-order valence-corrected chi connectivity index (χ3v) is 14.2.